The standard InChI is InChI=1S/C8H10BrNO4S2/c1-2-3-10-16(13,14)6-4-5(8(11)12)15-7(6)9/h4,10H,2-3H2,1H3,(H,11,12). The van der Waals surface area contributed by atoms with Gasteiger partial charge in [-0.15, -0.1) is 11.3 Å². The average Bonchev–Trinajstić information content (AvgIpc) is 2.58. The maximum absolute atomic E-state index is 11.7. The normalized spacial score (nSPS) is 11.6. The molecule has 0 aliphatic rings. The highest BCUT2D eigenvalue weighted by molar-refractivity contribution is 9.11. The van der Waals surface area contributed by atoms with Gasteiger partial charge in [0.15, 0.2) is 0 Å². The van der Waals surface area contributed by atoms with Crippen molar-refractivity contribution in [2.45, 2.75) is 18.2 Å². The largest absolute Gasteiger partial charge is 0.477 e. The van der Waals surface area contributed by atoms with Crippen molar-refractivity contribution >= 4 is 43.3 Å². The molecule has 0 bridgehead atoms. The molecule has 0 aliphatic heterocycles. The lowest BCUT2D eigenvalue weighted by Crippen LogP contribution is -2.24. The number of hydrogen-bond donors (Lipinski definition) is 2. The Kier molecular flexibility index (Phi) is 4.48. The number of aromatic carboxylic acids is 1. The van der Waals surface area contributed by atoms with Crippen LogP contribution in [0.1, 0.15) is 23.0 Å². The summed E-state index contributed by atoms with van der Waals surface area (Å²) in [4.78, 5) is 10.6. The molecule has 0 aromatic carbocycles. The van der Waals surface area contributed by atoms with Crippen molar-refractivity contribution in [3.05, 3.63) is 14.7 Å². The highest BCUT2D eigenvalue weighted by Crippen LogP contribution is 2.31. The zero-order valence-electron chi connectivity index (χ0n) is 8.36. The molecule has 0 amide bonds. The van der Waals surface area contributed by atoms with Gasteiger partial charge < -0.3 is 5.11 Å². The summed E-state index contributed by atoms with van der Waals surface area (Å²) in [6, 6.07) is 1.15. The smallest absolute Gasteiger partial charge is 0.345 e. The van der Waals surface area contributed by atoms with Crippen LogP contribution in [0.2, 0.25) is 0 Å². The lowest BCUT2D eigenvalue weighted by atomic mass is 10.5. The van der Waals surface area contributed by atoms with Crippen molar-refractivity contribution in [2.24, 2.45) is 0 Å². The molecule has 0 unspecified atom stereocenters. The van der Waals surface area contributed by atoms with E-state index >= 15 is 0 Å². The third-order valence-corrected chi connectivity index (χ3v) is 5.40. The first kappa shape index (κ1) is 13.6. The Morgan fingerprint density at radius 2 is 2.25 bits per heavy atom. The summed E-state index contributed by atoms with van der Waals surface area (Å²) in [5.74, 6) is -1.14. The van der Waals surface area contributed by atoms with E-state index < -0.39 is 16.0 Å². The van der Waals surface area contributed by atoms with Gasteiger partial charge in [0.1, 0.15) is 9.77 Å². The Morgan fingerprint density at radius 3 is 2.69 bits per heavy atom. The highest BCUT2D eigenvalue weighted by Gasteiger charge is 2.22. The number of hydrogen-bond acceptors (Lipinski definition) is 4. The molecule has 0 spiro atoms. The van der Waals surface area contributed by atoms with E-state index in [4.69, 9.17) is 5.11 Å². The molecular weight excluding hydrogens is 318 g/mol. The van der Waals surface area contributed by atoms with Crippen molar-refractivity contribution in [1.29, 1.82) is 0 Å². The van der Waals surface area contributed by atoms with E-state index in [1.165, 1.54) is 0 Å². The molecule has 0 saturated carbocycles. The summed E-state index contributed by atoms with van der Waals surface area (Å²) in [6.45, 7) is 2.17. The molecule has 90 valence electrons. The molecule has 0 aliphatic carbocycles. The molecular formula is C8H10BrNO4S2. The fourth-order valence-electron chi connectivity index (χ4n) is 0.955. The third-order valence-electron chi connectivity index (χ3n) is 1.70. The molecule has 16 heavy (non-hydrogen) atoms. The average molecular weight is 328 g/mol. The van der Waals surface area contributed by atoms with Gasteiger partial charge in [-0.2, -0.15) is 0 Å². The zero-order valence-corrected chi connectivity index (χ0v) is 11.6. The molecule has 1 heterocycles. The first-order chi connectivity index (χ1) is 7.38. The second-order valence-corrected chi connectivity index (χ2v) is 7.06. The van der Waals surface area contributed by atoms with Crippen LogP contribution in [-0.2, 0) is 10.0 Å². The van der Waals surface area contributed by atoms with E-state index in [9.17, 15) is 13.2 Å². The molecule has 0 saturated heterocycles. The highest BCUT2D eigenvalue weighted by atomic mass is 79.9. The number of rotatable bonds is 5. The van der Waals surface area contributed by atoms with Gasteiger partial charge in [0.05, 0.1) is 3.79 Å². The van der Waals surface area contributed by atoms with Crippen LogP contribution >= 0.6 is 27.3 Å². The van der Waals surface area contributed by atoms with E-state index in [1.807, 2.05) is 6.92 Å². The second-order valence-electron chi connectivity index (χ2n) is 2.95. The fraction of sp³-hybridized carbons (Fsp3) is 0.375. The van der Waals surface area contributed by atoms with Crippen LogP contribution < -0.4 is 4.72 Å². The first-order valence-corrected chi connectivity index (χ1v) is 7.50. The van der Waals surface area contributed by atoms with E-state index in [1.54, 1.807) is 0 Å². The number of carboxylic acid groups (broad SMARTS) is 1. The monoisotopic (exact) mass is 327 g/mol. The Balaban J connectivity index is 3.08. The summed E-state index contributed by atoms with van der Waals surface area (Å²) >= 11 is 3.93. The van der Waals surface area contributed by atoms with Crippen molar-refractivity contribution < 1.29 is 18.3 Å². The predicted octanol–water partition coefficient (Wildman–Crippen LogP) is 1.90. The zero-order chi connectivity index (χ0) is 12.3. The maximum Gasteiger partial charge on any atom is 0.345 e. The third kappa shape index (κ3) is 3.03. The van der Waals surface area contributed by atoms with Gasteiger partial charge in [0, 0.05) is 6.54 Å². The van der Waals surface area contributed by atoms with Crippen LogP contribution in [0.4, 0.5) is 0 Å². The summed E-state index contributed by atoms with van der Waals surface area (Å²) < 4.78 is 26.1. The Morgan fingerprint density at radius 1 is 1.62 bits per heavy atom. The molecule has 1 rings (SSSR count). The predicted molar refractivity (Wildman–Crippen MR) is 64.5 cm³/mol. The van der Waals surface area contributed by atoms with Crippen molar-refractivity contribution in [1.82, 2.24) is 4.72 Å². The number of halogens is 1. The molecule has 1 aromatic rings. The molecule has 2 N–H and O–H groups in total. The molecule has 0 fully saturated rings. The number of sulfonamides is 1. The summed E-state index contributed by atoms with van der Waals surface area (Å²) in [7, 11) is -3.62. The number of carbonyl (C=O) groups is 1. The number of nitrogens with one attached hydrogen (secondary N) is 1. The molecule has 8 heteroatoms. The lowest BCUT2D eigenvalue weighted by Gasteiger charge is -2.03. The van der Waals surface area contributed by atoms with Crippen LogP contribution in [0.5, 0.6) is 0 Å². The van der Waals surface area contributed by atoms with Crippen molar-refractivity contribution in [3.8, 4) is 0 Å². The maximum atomic E-state index is 11.7. The summed E-state index contributed by atoms with van der Waals surface area (Å²) in [5.41, 5.74) is 0. The quantitative estimate of drug-likeness (QED) is 0.865. The van der Waals surface area contributed by atoms with Crippen LogP contribution in [0.15, 0.2) is 14.7 Å². The Hall–Kier alpha value is -0.440. The van der Waals surface area contributed by atoms with E-state index in [-0.39, 0.29) is 9.77 Å². The minimum Gasteiger partial charge on any atom is -0.477 e. The van der Waals surface area contributed by atoms with Gasteiger partial charge in [-0.25, -0.2) is 17.9 Å². The van der Waals surface area contributed by atoms with Gasteiger partial charge in [0.2, 0.25) is 10.0 Å². The SMILES string of the molecule is CCCNS(=O)(=O)c1cc(C(=O)O)sc1Br. The van der Waals surface area contributed by atoms with Crippen LogP contribution in [0, 0.1) is 0 Å². The van der Waals surface area contributed by atoms with Gasteiger partial charge in [-0.05, 0) is 28.4 Å². The molecule has 0 radical (unpaired) electrons. The van der Waals surface area contributed by atoms with Gasteiger partial charge >= 0.3 is 5.97 Å². The second kappa shape index (κ2) is 5.26. The van der Waals surface area contributed by atoms with Gasteiger partial charge in [-0.1, -0.05) is 6.92 Å². The number of carboxylic acids is 1. The van der Waals surface area contributed by atoms with E-state index in [0.717, 1.165) is 17.4 Å². The molecule has 0 atom stereocenters. The van der Waals surface area contributed by atoms with Gasteiger partial charge in [-0.3, -0.25) is 0 Å². The molecule has 5 nitrogen and oxygen atoms in total. The van der Waals surface area contributed by atoms with Crippen LogP contribution in [-0.4, -0.2) is 26.0 Å². The van der Waals surface area contributed by atoms with Crippen LogP contribution in [0.25, 0.3) is 0 Å². The molecule has 1 aromatic heterocycles. The minimum atomic E-state index is -3.62. The van der Waals surface area contributed by atoms with E-state index in [0.29, 0.717) is 16.8 Å². The van der Waals surface area contributed by atoms with Crippen molar-refractivity contribution in [3.63, 3.8) is 0 Å². The summed E-state index contributed by atoms with van der Waals surface area (Å²) in [5, 5.41) is 8.74. The minimum absolute atomic E-state index is 0.0104. The van der Waals surface area contributed by atoms with Crippen molar-refractivity contribution in [2.75, 3.05) is 6.54 Å². The van der Waals surface area contributed by atoms with E-state index in [2.05, 4.69) is 20.7 Å². The first-order valence-electron chi connectivity index (χ1n) is 4.40. The van der Waals surface area contributed by atoms with Crippen LogP contribution in [0.3, 0.4) is 0 Å². The van der Waals surface area contributed by atoms with Gasteiger partial charge in [0.25, 0.3) is 0 Å². The summed E-state index contributed by atoms with van der Waals surface area (Å²) in [6.07, 6.45) is 0.673. The fourth-order valence-corrected chi connectivity index (χ4v) is 4.49. The number of thiophene rings is 1. The Labute approximate surface area is 106 Å². The Bertz CT molecular complexity index is 494. The lowest BCUT2D eigenvalue weighted by molar-refractivity contribution is 0.0702. The topological polar surface area (TPSA) is 83.5 Å².